The molecule has 0 bridgehead atoms. The van der Waals surface area contributed by atoms with Crippen LogP contribution in [0.25, 0.3) is 0 Å². The van der Waals surface area contributed by atoms with Gasteiger partial charge < -0.3 is 14.6 Å². The van der Waals surface area contributed by atoms with E-state index in [1.807, 2.05) is 6.07 Å². The van der Waals surface area contributed by atoms with Gasteiger partial charge in [-0.25, -0.2) is 0 Å². The molecular formula is C13H18O3S. The minimum Gasteiger partial charge on any atom is -0.390 e. The number of ether oxygens (including phenoxy) is 2. The van der Waals surface area contributed by atoms with Gasteiger partial charge in [-0.05, 0) is 24.3 Å². The molecule has 3 nitrogen and oxygen atoms in total. The zero-order chi connectivity index (χ0) is 11.8. The fourth-order valence-corrected chi connectivity index (χ4v) is 3.64. The maximum atomic E-state index is 10.6. The van der Waals surface area contributed by atoms with Crippen LogP contribution in [0.5, 0.6) is 0 Å². The summed E-state index contributed by atoms with van der Waals surface area (Å²) in [6.45, 7) is 1.40. The predicted octanol–water partition coefficient (Wildman–Crippen LogP) is 2.34. The highest BCUT2D eigenvalue weighted by Gasteiger charge is 2.45. The van der Waals surface area contributed by atoms with E-state index in [4.69, 9.17) is 9.47 Å². The number of hydrogen-bond donors (Lipinski definition) is 1. The van der Waals surface area contributed by atoms with E-state index in [0.717, 1.165) is 32.1 Å². The lowest BCUT2D eigenvalue weighted by Gasteiger charge is -2.40. The van der Waals surface area contributed by atoms with Crippen molar-refractivity contribution >= 4 is 11.3 Å². The summed E-state index contributed by atoms with van der Waals surface area (Å²) in [7, 11) is 0. The Morgan fingerprint density at radius 3 is 2.47 bits per heavy atom. The molecule has 1 saturated heterocycles. The summed E-state index contributed by atoms with van der Waals surface area (Å²) < 4.78 is 11.4. The van der Waals surface area contributed by atoms with E-state index >= 15 is 0 Å². The van der Waals surface area contributed by atoms with Crippen molar-refractivity contribution < 1.29 is 14.6 Å². The Hall–Kier alpha value is -0.420. The molecule has 0 unspecified atom stereocenters. The molecule has 1 saturated carbocycles. The Morgan fingerprint density at radius 1 is 1.18 bits per heavy atom. The Labute approximate surface area is 105 Å². The van der Waals surface area contributed by atoms with Gasteiger partial charge in [0.2, 0.25) is 0 Å². The summed E-state index contributed by atoms with van der Waals surface area (Å²) >= 11 is 1.72. The number of hydrogen-bond acceptors (Lipinski definition) is 4. The average Bonchev–Trinajstić information content (AvgIpc) is 2.96. The van der Waals surface area contributed by atoms with Crippen LogP contribution >= 0.6 is 11.3 Å². The normalized spacial score (nSPS) is 26.4. The van der Waals surface area contributed by atoms with Gasteiger partial charge in [0.05, 0.1) is 18.8 Å². The fourth-order valence-electron chi connectivity index (χ4n) is 2.80. The first-order chi connectivity index (χ1) is 8.20. The van der Waals surface area contributed by atoms with Crippen molar-refractivity contribution in [2.24, 2.45) is 0 Å². The first-order valence-corrected chi connectivity index (χ1v) is 7.11. The largest absolute Gasteiger partial charge is 0.390 e. The van der Waals surface area contributed by atoms with E-state index in [1.165, 1.54) is 4.88 Å². The molecular weight excluding hydrogens is 236 g/mol. The van der Waals surface area contributed by atoms with Crippen LogP contribution in [0.2, 0.25) is 0 Å². The summed E-state index contributed by atoms with van der Waals surface area (Å²) in [6.07, 6.45) is 3.93. The van der Waals surface area contributed by atoms with Crippen LogP contribution in [-0.4, -0.2) is 29.7 Å². The second-order valence-corrected chi connectivity index (χ2v) is 6.12. The second kappa shape index (κ2) is 4.35. The highest BCUT2D eigenvalue weighted by atomic mass is 32.1. The van der Waals surface area contributed by atoms with Crippen LogP contribution < -0.4 is 0 Å². The average molecular weight is 254 g/mol. The van der Waals surface area contributed by atoms with Gasteiger partial charge in [-0.2, -0.15) is 0 Å². The van der Waals surface area contributed by atoms with E-state index < -0.39 is 5.60 Å². The standard InChI is InChI=1S/C13H18O3S/c14-12(10-11-2-1-9-17-11)3-5-13(6-4-12)15-7-8-16-13/h1-2,9,14H,3-8,10H2. The van der Waals surface area contributed by atoms with Crippen molar-refractivity contribution in [1.82, 2.24) is 0 Å². The van der Waals surface area contributed by atoms with Crippen LogP contribution in [-0.2, 0) is 15.9 Å². The van der Waals surface area contributed by atoms with E-state index in [1.54, 1.807) is 11.3 Å². The van der Waals surface area contributed by atoms with Gasteiger partial charge in [-0.1, -0.05) is 6.07 Å². The molecule has 1 spiro atoms. The minimum absolute atomic E-state index is 0.373. The van der Waals surface area contributed by atoms with E-state index in [0.29, 0.717) is 13.2 Å². The molecule has 2 heterocycles. The van der Waals surface area contributed by atoms with Crippen LogP contribution in [0.1, 0.15) is 30.6 Å². The van der Waals surface area contributed by atoms with E-state index in [9.17, 15) is 5.11 Å². The van der Waals surface area contributed by atoms with Crippen LogP contribution in [0, 0.1) is 0 Å². The summed E-state index contributed by atoms with van der Waals surface area (Å²) in [6, 6.07) is 4.13. The molecule has 17 heavy (non-hydrogen) atoms. The third-order valence-corrected chi connectivity index (χ3v) is 4.72. The Balaban J connectivity index is 1.63. The lowest BCUT2D eigenvalue weighted by atomic mass is 9.79. The quantitative estimate of drug-likeness (QED) is 0.880. The summed E-state index contributed by atoms with van der Waals surface area (Å²) in [4.78, 5) is 1.26. The lowest BCUT2D eigenvalue weighted by Crippen LogP contribution is -2.44. The van der Waals surface area contributed by atoms with Gasteiger partial charge in [-0.15, -0.1) is 11.3 Å². The molecule has 0 aromatic carbocycles. The SMILES string of the molecule is OC1(Cc2cccs2)CCC2(CC1)OCCO2. The molecule has 2 fully saturated rings. The molecule has 0 amide bonds. The van der Waals surface area contributed by atoms with Gasteiger partial charge in [-0.3, -0.25) is 0 Å². The van der Waals surface area contributed by atoms with Crippen molar-refractivity contribution in [2.75, 3.05) is 13.2 Å². The molecule has 94 valence electrons. The Bertz CT molecular complexity index is 358. The number of thiophene rings is 1. The van der Waals surface area contributed by atoms with Crippen molar-refractivity contribution in [3.63, 3.8) is 0 Å². The lowest BCUT2D eigenvalue weighted by molar-refractivity contribution is -0.202. The molecule has 1 aliphatic carbocycles. The topological polar surface area (TPSA) is 38.7 Å². The third kappa shape index (κ3) is 2.40. The maximum Gasteiger partial charge on any atom is 0.168 e. The van der Waals surface area contributed by atoms with E-state index in [2.05, 4.69) is 11.4 Å². The Kier molecular flexibility index (Phi) is 2.99. The molecule has 4 heteroatoms. The maximum absolute atomic E-state index is 10.6. The second-order valence-electron chi connectivity index (χ2n) is 5.09. The smallest absolute Gasteiger partial charge is 0.168 e. The predicted molar refractivity (Wildman–Crippen MR) is 66.1 cm³/mol. The van der Waals surface area contributed by atoms with Gasteiger partial charge >= 0.3 is 0 Å². The zero-order valence-electron chi connectivity index (χ0n) is 9.85. The number of aliphatic hydroxyl groups is 1. The number of rotatable bonds is 2. The minimum atomic E-state index is -0.564. The van der Waals surface area contributed by atoms with Gasteiger partial charge in [0.25, 0.3) is 0 Å². The van der Waals surface area contributed by atoms with Gasteiger partial charge in [0.1, 0.15) is 0 Å². The van der Waals surface area contributed by atoms with Gasteiger partial charge in [0.15, 0.2) is 5.79 Å². The molecule has 0 radical (unpaired) electrons. The van der Waals surface area contributed by atoms with Crippen LogP contribution in [0.15, 0.2) is 17.5 Å². The van der Waals surface area contributed by atoms with Crippen molar-refractivity contribution in [1.29, 1.82) is 0 Å². The van der Waals surface area contributed by atoms with E-state index in [-0.39, 0.29) is 5.79 Å². The molecule has 1 N–H and O–H groups in total. The van der Waals surface area contributed by atoms with Crippen LogP contribution in [0.3, 0.4) is 0 Å². The molecule has 0 atom stereocenters. The summed E-state index contributed by atoms with van der Waals surface area (Å²) in [5.74, 6) is -0.373. The van der Waals surface area contributed by atoms with Gasteiger partial charge in [0, 0.05) is 24.1 Å². The molecule has 1 aliphatic heterocycles. The molecule has 1 aromatic heterocycles. The first-order valence-electron chi connectivity index (χ1n) is 6.23. The highest BCUT2D eigenvalue weighted by Crippen LogP contribution is 2.41. The molecule has 2 aliphatic rings. The fraction of sp³-hybridized carbons (Fsp3) is 0.692. The summed E-state index contributed by atoms with van der Waals surface area (Å²) in [5.41, 5.74) is -0.564. The van der Waals surface area contributed by atoms with Crippen molar-refractivity contribution in [3.8, 4) is 0 Å². The third-order valence-electron chi connectivity index (χ3n) is 3.84. The Morgan fingerprint density at radius 2 is 1.88 bits per heavy atom. The monoisotopic (exact) mass is 254 g/mol. The molecule has 1 aromatic rings. The zero-order valence-corrected chi connectivity index (χ0v) is 10.7. The van der Waals surface area contributed by atoms with Crippen molar-refractivity contribution in [3.05, 3.63) is 22.4 Å². The first kappa shape index (κ1) is 11.7. The van der Waals surface area contributed by atoms with Crippen LogP contribution in [0.4, 0.5) is 0 Å². The summed E-state index contributed by atoms with van der Waals surface area (Å²) in [5, 5.41) is 12.6. The van der Waals surface area contributed by atoms with Crippen molar-refractivity contribution in [2.45, 2.75) is 43.5 Å². The highest BCUT2D eigenvalue weighted by molar-refractivity contribution is 7.09. The molecule has 3 rings (SSSR count).